The Bertz CT molecular complexity index is 1740. The fourth-order valence-corrected chi connectivity index (χ4v) is 5.41. The quantitative estimate of drug-likeness (QED) is 0.378. The number of nitrogens with one attached hydrogen (secondary N) is 1. The molecule has 0 aliphatic carbocycles. The van der Waals surface area contributed by atoms with Gasteiger partial charge in [0.25, 0.3) is 5.91 Å². The number of fused-ring (bicyclic) bond motifs is 9. The van der Waals surface area contributed by atoms with E-state index in [1.54, 1.807) is 49.0 Å². The van der Waals surface area contributed by atoms with Crippen molar-refractivity contribution in [3.05, 3.63) is 71.6 Å². The molecule has 2 bridgehead atoms. The number of hydrogen-bond donors (Lipinski definition) is 2. The molecule has 0 fully saturated rings. The molecule has 2 aliphatic rings. The molecule has 4 heterocycles. The molecule has 0 radical (unpaired) electrons. The minimum atomic E-state index is -3.16. The highest BCUT2D eigenvalue weighted by molar-refractivity contribution is 5.98. The Morgan fingerprint density at radius 1 is 1.21 bits per heavy atom. The standard InChI is InChI=1S/C27H24F2N6O4/c1-27(2,33-26(37)38)24-30-11-14(12-31-24)13-7-8-16-17(9-13)35-18-10-19(22(35)32-16)34(3)23(36)15-5-4-6-20(21(15)18)39-25(28)29/h4-9,11-12,18-19,25,33H,10H2,1-3H3,(H,37,38)/t18-,19-/m1/s1/i3D3. The minimum Gasteiger partial charge on any atom is -0.465 e. The summed E-state index contributed by atoms with van der Waals surface area (Å²) >= 11 is 0. The van der Waals surface area contributed by atoms with Crippen molar-refractivity contribution < 1.29 is 32.3 Å². The van der Waals surface area contributed by atoms with E-state index >= 15 is 0 Å². The zero-order valence-electron chi connectivity index (χ0n) is 23.7. The lowest BCUT2D eigenvalue weighted by atomic mass is 9.97. The van der Waals surface area contributed by atoms with Crippen LogP contribution in [-0.2, 0) is 5.54 Å². The summed E-state index contributed by atoms with van der Waals surface area (Å²) in [5.41, 5.74) is 1.51. The van der Waals surface area contributed by atoms with Crippen LogP contribution < -0.4 is 10.1 Å². The molecule has 2 amide bonds. The van der Waals surface area contributed by atoms with Gasteiger partial charge in [0.05, 0.1) is 28.7 Å². The van der Waals surface area contributed by atoms with Crippen molar-refractivity contribution in [1.29, 1.82) is 0 Å². The maximum absolute atomic E-state index is 13.6. The number of imidazole rings is 1. The van der Waals surface area contributed by atoms with Crippen LogP contribution in [-0.4, -0.2) is 55.1 Å². The molecule has 4 aromatic rings. The van der Waals surface area contributed by atoms with Crippen LogP contribution >= 0.6 is 0 Å². The summed E-state index contributed by atoms with van der Waals surface area (Å²) in [6.07, 6.45) is 2.00. The number of hydrogen-bond acceptors (Lipinski definition) is 6. The van der Waals surface area contributed by atoms with Gasteiger partial charge >= 0.3 is 12.7 Å². The van der Waals surface area contributed by atoms with Gasteiger partial charge in [-0.25, -0.2) is 19.7 Å². The zero-order valence-corrected chi connectivity index (χ0v) is 20.7. The summed E-state index contributed by atoms with van der Waals surface area (Å²) in [7, 11) is 0. The first-order valence-electron chi connectivity index (χ1n) is 13.5. The number of amides is 2. The average Bonchev–Trinajstić information content (AvgIpc) is 3.40. The molecule has 200 valence electrons. The molecular formula is C27H24F2N6O4. The Balaban J connectivity index is 1.50. The predicted molar refractivity (Wildman–Crippen MR) is 136 cm³/mol. The second-order valence-electron chi connectivity index (χ2n) is 9.93. The fraction of sp³-hybridized carbons (Fsp3) is 0.296. The smallest absolute Gasteiger partial charge is 0.405 e. The van der Waals surface area contributed by atoms with Gasteiger partial charge in [-0.2, -0.15) is 8.78 Å². The van der Waals surface area contributed by atoms with Crippen molar-refractivity contribution in [3.8, 4) is 16.9 Å². The highest BCUT2D eigenvalue weighted by Gasteiger charge is 2.45. The molecule has 39 heavy (non-hydrogen) atoms. The molecule has 0 saturated carbocycles. The first-order chi connectivity index (χ1) is 19.8. The number of benzene rings is 2. The maximum atomic E-state index is 13.6. The van der Waals surface area contributed by atoms with Gasteiger partial charge in [0, 0.05) is 46.6 Å². The molecule has 2 aromatic carbocycles. The number of alkyl halides is 2. The normalized spacial score (nSPS) is 19.7. The number of carbonyl (C=O) groups excluding carboxylic acids is 1. The Labute approximate surface area is 225 Å². The number of halogens is 2. The van der Waals surface area contributed by atoms with Crippen molar-refractivity contribution in [3.63, 3.8) is 0 Å². The maximum Gasteiger partial charge on any atom is 0.405 e. The van der Waals surface area contributed by atoms with E-state index < -0.39 is 43.2 Å². The molecule has 0 saturated heterocycles. The van der Waals surface area contributed by atoms with Gasteiger partial charge in [-0.3, -0.25) is 4.79 Å². The zero-order chi connectivity index (χ0) is 30.1. The molecule has 0 spiro atoms. The van der Waals surface area contributed by atoms with Crippen molar-refractivity contribution in [2.45, 2.75) is 44.5 Å². The number of aromatic nitrogens is 4. The largest absolute Gasteiger partial charge is 0.465 e. The third kappa shape index (κ3) is 3.94. The average molecular weight is 538 g/mol. The van der Waals surface area contributed by atoms with Crippen molar-refractivity contribution in [1.82, 2.24) is 29.7 Å². The van der Waals surface area contributed by atoms with E-state index in [0.717, 1.165) is 4.90 Å². The molecular weight excluding hydrogens is 510 g/mol. The van der Waals surface area contributed by atoms with Crippen molar-refractivity contribution in [2.24, 2.45) is 0 Å². The number of nitrogens with zero attached hydrogens (tertiary/aromatic N) is 5. The number of carbonyl (C=O) groups is 2. The van der Waals surface area contributed by atoms with Gasteiger partial charge in [0.2, 0.25) is 0 Å². The van der Waals surface area contributed by atoms with Gasteiger partial charge in [-0.1, -0.05) is 12.1 Å². The molecule has 2 aromatic heterocycles. The Kier molecular flexibility index (Phi) is 4.77. The van der Waals surface area contributed by atoms with Crippen LogP contribution in [0, 0.1) is 0 Å². The van der Waals surface area contributed by atoms with Crippen LogP contribution in [0.4, 0.5) is 13.6 Å². The highest BCUT2D eigenvalue weighted by Crippen LogP contribution is 2.50. The van der Waals surface area contributed by atoms with Gasteiger partial charge in [-0.05, 0) is 43.7 Å². The second kappa shape index (κ2) is 8.72. The molecule has 6 rings (SSSR count). The van der Waals surface area contributed by atoms with Gasteiger partial charge in [0.15, 0.2) is 5.82 Å². The summed E-state index contributed by atoms with van der Waals surface area (Å²) in [6, 6.07) is 7.79. The first kappa shape index (κ1) is 21.3. The van der Waals surface area contributed by atoms with E-state index in [-0.39, 0.29) is 29.1 Å². The van der Waals surface area contributed by atoms with Crippen LogP contribution in [0.2, 0.25) is 0 Å². The van der Waals surface area contributed by atoms with Gasteiger partial charge in [-0.15, -0.1) is 0 Å². The molecule has 0 unspecified atom stereocenters. The fourth-order valence-electron chi connectivity index (χ4n) is 5.41. The lowest BCUT2D eigenvalue weighted by Gasteiger charge is -2.24. The van der Waals surface area contributed by atoms with E-state index in [2.05, 4.69) is 20.3 Å². The summed E-state index contributed by atoms with van der Waals surface area (Å²) in [4.78, 5) is 38.9. The monoisotopic (exact) mass is 537 g/mol. The lowest BCUT2D eigenvalue weighted by molar-refractivity contribution is -0.0507. The Morgan fingerprint density at radius 3 is 2.67 bits per heavy atom. The predicted octanol–water partition coefficient (Wildman–Crippen LogP) is 4.72. The molecule has 2 N–H and O–H groups in total. The molecule has 2 atom stereocenters. The van der Waals surface area contributed by atoms with Crippen LogP contribution in [0.1, 0.15) is 64.0 Å². The summed E-state index contributed by atoms with van der Waals surface area (Å²) in [5.74, 6) is -0.432. The van der Waals surface area contributed by atoms with Gasteiger partial charge < -0.3 is 24.6 Å². The van der Waals surface area contributed by atoms with E-state index in [1.807, 2.05) is 0 Å². The molecule has 10 nitrogen and oxygen atoms in total. The van der Waals surface area contributed by atoms with Crippen LogP contribution in [0.15, 0.2) is 48.8 Å². The molecule has 2 aliphatic heterocycles. The Morgan fingerprint density at radius 2 is 1.97 bits per heavy atom. The topological polar surface area (TPSA) is 122 Å². The van der Waals surface area contributed by atoms with Crippen molar-refractivity contribution >= 4 is 23.0 Å². The van der Waals surface area contributed by atoms with Gasteiger partial charge in [0.1, 0.15) is 11.6 Å². The SMILES string of the molecule is [2H]C([2H])([2H])N1C(=O)c2cccc(OC(F)F)c2[C@H]2C[C@@H]1c1nc3ccc(-c4cnc(C(C)(C)NC(=O)O)nc4)cc3n12. The van der Waals surface area contributed by atoms with Crippen molar-refractivity contribution in [2.75, 3.05) is 6.98 Å². The molecule has 12 heteroatoms. The number of ether oxygens (including phenoxy) is 1. The van der Waals surface area contributed by atoms with Crippen LogP contribution in [0.25, 0.3) is 22.2 Å². The Hall–Kier alpha value is -4.61. The van der Waals surface area contributed by atoms with E-state index in [1.165, 1.54) is 18.2 Å². The van der Waals surface area contributed by atoms with Crippen LogP contribution in [0.3, 0.4) is 0 Å². The van der Waals surface area contributed by atoms with E-state index in [4.69, 9.17) is 14.0 Å². The second-order valence-corrected chi connectivity index (χ2v) is 9.93. The third-order valence-corrected chi connectivity index (χ3v) is 7.11. The highest BCUT2D eigenvalue weighted by atomic mass is 19.3. The van der Waals surface area contributed by atoms with Crippen LogP contribution in [0.5, 0.6) is 5.75 Å². The van der Waals surface area contributed by atoms with E-state index in [0.29, 0.717) is 28.0 Å². The first-order valence-corrected chi connectivity index (χ1v) is 12.0. The lowest BCUT2D eigenvalue weighted by Crippen LogP contribution is -2.41. The summed E-state index contributed by atoms with van der Waals surface area (Å²) in [5, 5.41) is 11.5. The van der Waals surface area contributed by atoms with E-state index in [9.17, 15) is 18.4 Å². The minimum absolute atomic E-state index is 0.0259. The summed E-state index contributed by atoms with van der Waals surface area (Å²) in [6.45, 7) is -2.71. The number of carboxylic acid groups (broad SMARTS) is 1. The summed E-state index contributed by atoms with van der Waals surface area (Å²) < 4.78 is 57.8. The third-order valence-electron chi connectivity index (χ3n) is 7.11. The number of rotatable bonds is 5.